The molecule has 2 N–H and O–H groups in total. The Morgan fingerprint density at radius 2 is 2.06 bits per heavy atom. The summed E-state index contributed by atoms with van der Waals surface area (Å²) >= 11 is 0. The standard InChI is InChI=1S/C16H22N2/c1-2-3-4-5-8-15(17)13-9-10-16-14(12-13)7-6-11-18-16/h6-7,9-12,15H,2-5,8,17H2,1H3. The molecule has 0 saturated carbocycles. The number of aromatic nitrogens is 1. The molecule has 0 spiro atoms. The number of fused-ring (bicyclic) bond motifs is 1. The third-order valence-electron chi connectivity index (χ3n) is 3.42. The maximum Gasteiger partial charge on any atom is 0.0702 e. The molecule has 0 aliphatic carbocycles. The van der Waals surface area contributed by atoms with E-state index in [1.165, 1.54) is 36.6 Å². The fourth-order valence-corrected chi connectivity index (χ4v) is 2.28. The lowest BCUT2D eigenvalue weighted by Gasteiger charge is -2.12. The number of benzene rings is 1. The van der Waals surface area contributed by atoms with Gasteiger partial charge in [0, 0.05) is 17.6 Å². The van der Waals surface area contributed by atoms with Crippen LogP contribution in [0.3, 0.4) is 0 Å². The van der Waals surface area contributed by atoms with Gasteiger partial charge in [-0.3, -0.25) is 4.98 Å². The Morgan fingerprint density at radius 1 is 1.17 bits per heavy atom. The first kappa shape index (κ1) is 13.0. The van der Waals surface area contributed by atoms with E-state index in [4.69, 9.17) is 5.73 Å². The van der Waals surface area contributed by atoms with Crippen LogP contribution in [-0.4, -0.2) is 4.98 Å². The van der Waals surface area contributed by atoms with Gasteiger partial charge in [0.25, 0.3) is 0 Å². The van der Waals surface area contributed by atoms with E-state index in [9.17, 15) is 0 Å². The van der Waals surface area contributed by atoms with E-state index in [0.717, 1.165) is 11.9 Å². The third-order valence-corrected chi connectivity index (χ3v) is 3.42. The molecule has 2 aromatic rings. The van der Waals surface area contributed by atoms with E-state index in [1.807, 2.05) is 12.3 Å². The first-order valence-electron chi connectivity index (χ1n) is 6.91. The van der Waals surface area contributed by atoms with Crippen molar-refractivity contribution in [2.24, 2.45) is 5.73 Å². The lowest BCUT2D eigenvalue weighted by Crippen LogP contribution is -2.10. The molecule has 0 radical (unpaired) electrons. The van der Waals surface area contributed by atoms with Crippen LogP contribution in [0.15, 0.2) is 36.5 Å². The van der Waals surface area contributed by atoms with E-state index in [2.05, 4.69) is 36.2 Å². The molecule has 0 saturated heterocycles. The predicted octanol–water partition coefficient (Wildman–Crippen LogP) is 4.21. The highest BCUT2D eigenvalue weighted by molar-refractivity contribution is 5.79. The van der Waals surface area contributed by atoms with Crippen LogP contribution in [0.4, 0.5) is 0 Å². The van der Waals surface area contributed by atoms with Crippen LogP contribution < -0.4 is 5.73 Å². The van der Waals surface area contributed by atoms with Crippen LogP contribution in [0.5, 0.6) is 0 Å². The Labute approximate surface area is 109 Å². The summed E-state index contributed by atoms with van der Waals surface area (Å²) in [7, 11) is 0. The molecule has 1 aromatic carbocycles. The van der Waals surface area contributed by atoms with Crippen molar-refractivity contribution in [1.82, 2.24) is 4.98 Å². The molecule has 2 nitrogen and oxygen atoms in total. The van der Waals surface area contributed by atoms with E-state index >= 15 is 0 Å². The Bertz CT molecular complexity index is 493. The SMILES string of the molecule is CCCCCCC(N)c1ccc2ncccc2c1. The Kier molecular flexibility index (Phi) is 4.71. The molecule has 0 aliphatic heterocycles. The summed E-state index contributed by atoms with van der Waals surface area (Å²) in [4.78, 5) is 4.33. The Balaban J connectivity index is 2.01. The van der Waals surface area contributed by atoms with E-state index < -0.39 is 0 Å². The van der Waals surface area contributed by atoms with Crippen molar-refractivity contribution in [2.75, 3.05) is 0 Å². The van der Waals surface area contributed by atoms with Crippen molar-refractivity contribution in [3.8, 4) is 0 Å². The second-order valence-electron chi connectivity index (χ2n) is 4.91. The predicted molar refractivity (Wildman–Crippen MR) is 77.4 cm³/mol. The van der Waals surface area contributed by atoms with Crippen molar-refractivity contribution in [1.29, 1.82) is 0 Å². The molecule has 0 amide bonds. The van der Waals surface area contributed by atoms with Crippen LogP contribution in [-0.2, 0) is 0 Å². The van der Waals surface area contributed by atoms with Crippen molar-refractivity contribution < 1.29 is 0 Å². The number of nitrogens with zero attached hydrogens (tertiary/aromatic N) is 1. The van der Waals surface area contributed by atoms with Crippen molar-refractivity contribution in [3.63, 3.8) is 0 Å². The summed E-state index contributed by atoms with van der Waals surface area (Å²) in [6, 6.07) is 10.6. The number of nitrogens with two attached hydrogens (primary N) is 1. The molecule has 1 heterocycles. The molecule has 18 heavy (non-hydrogen) atoms. The van der Waals surface area contributed by atoms with Crippen LogP contribution in [0.2, 0.25) is 0 Å². The van der Waals surface area contributed by atoms with E-state index in [0.29, 0.717) is 0 Å². The molecular formula is C16H22N2. The van der Waals surface area contributed by atoms with Gasteiger partial charge in [-0.15, -0.1) is 0 Å². The highest BCUT2D eigenvalue weighted by Crippen LogP contribution is 2.21. The molecule has 2 rings (SSSR count). The van der Waals surface area contributed by atoms with Gasteiger partial charge in [0.05, 0.1) is 5.52 Å². The first-order chi connectivity index (χ1) is 8.81. The zero-order chi connectivity index (χ0) is 12.8. The van der Waals surface area contributed by atoms with Gasteiger partial charge in [-0.1, -0.05) is 44.7 Å². The summed E-state index contributed by atoms with van der Waals surface area (Å²) in [5.74, 6) is 0. The second-order valence-corrected chi connectivity index (χ2v) is 4.91. The second kappa shape index (κ2) is 6.50. The van der Waals surface area contributed by atoms with Gasteiger partial charge >= 0.3 is 0 Å². The largest absolute Gasteiger partial charge is 0.324 e. The van der Waals surface area contributed by atoms with Crippen LogP contribution >= 0.6 is 0 Å². The average Bonchev–Trinajstić information content (AvgIpc) is 2.43. The summed E-state index contributed by atoms with van der Waals surface area (Å²) in [5, 5.41) is 1.18. The van der Waals surface area contributed by atoms with Crippen LogP contribution in [0.1, 0.15) is 50.6 Å². The highest BCUT2D eigenvalue weighted by Gasteiger charge is 2.06. The maximum absolute atomic E-state index is 6.25. The van der Waals surface area contributed by atoms with E-state index in [-0.39, 0.29) is 6.04 Å². The minimum atomic E-state index is 0.159. The molecule has 1 aromatic heterocycles. The molecule has 1 unspecified atom stereocenters. The zero-order valence-electron chi connectivity index (χ0n) is 11.1. The smallest absolute Gasteiger partial charge is 0.0702 e. The number of rotatable bonds is 6. The normalized spacial score (nSPS) is 12.8. The van der Waals surface area contributed by atoms with Gasteiger partial charge in [-0.2, -0.15) is 0 Å². The first-order valence-corrected chi connectivity index (χ1v) is 6.91. The minimum absolute atomic E-state index is 0.159. The van der Waals surface area contributed by atoms with Crippen molar-refractivity contribution in [2.45, 2.75) is 45.1 Å². The molecular weight excluding hydrogens is 220 g/mol. The molecule has 96 valence electrons. The minimum Gasteiger partial charge on any atom is -0.324 e. The fraction of sp³-hybridized carbons (Fsp3) is 0.438. The highest BCUT2D eigenvalue weighted by atomic mass is 14.6. The van der Waals surface area contributed by atoms with E-state index in [1.54, 1.807) is 0 Å². The number of hydrogen-bond acceptors (Lipinski definition) is 2. The lowest BCUT2D eigenvalue weighted by molar-refractivity contribution is 0.566. The van der Waals surface area contributed by atoms with Gasteiger partial charge in [-0.05, 0) is 30.2 Å². The Morgan fingerprint density at radius 3 is 2.89 bits per heavy atom. The number of pyridine rings is 1. The monoisotopic (exact) mass is 242 g/mol. The quantitative estimate of drug-likeness (QED) is 0.771. The van der Waals surface area contributed by atoms with Crippen LogP contribution in [0, 0.1) is 0 Å². The average molecular weight is 242 g/mol. The van der Waals surface area contributed by atoms with Gasteiger partial charge < -0.3 is 5.73 Å². The van der Waals surface area contributed by atoms with Gasteiger partial charge in [0.2, 0.25) is 0 Å². The molecule has 0 fully saturated rings. The lowest BCUT2D eigenvalue weighted by atomic mass is 9.99. The number of unbranched alkanes of at least 4 members (excludes halogenated alkanes) is 3. The molecule has 0 aliphatic rings. The number of hydrogen-bond donors (Lipinski definition) is 1. The Hall–Kier alpha value is -1.41. The molecule has 0 bridgehead atoms. The fourth-order valence-electron chi connectivity index (χ4n) is 2.28. The zero-order valence-corrected chi connectivity index (χ0v) is 11.1. The third kappa shape index (κ3) is 3.30. The summed E-state index contributed by atoms with van der Waals surface area (Å²) in [6.07, 6.45) is 8.00. The summed E-state index contributed by atoms with van der Waals surface area (Å²) < 4.78 is 0. The topological polar surface area (TPSA) is 38.9 Å². The van der Waals surface area contributed by atoms with Crippen molar-refractivity contribution in [3.05, 3.63) is 42.1 Å². The molecule has 2 heteroatoms. The summed E-state index contributed by atoms with van der Waals surface area (Å²) in [5.41, 5.74) is 8.52. The van der Waals surface area contributed by atoms with Gasteiger partial charge in [0.15, 0.2) is 0 Å². The van der Waals surface area contributed by atoms with Crippen molar-refractivity contribution >= 4 is 10.9 Å². The molecule has 1 atom stereocenters. The van der Waals surface area contributed by atoms with Crippen LogP contribution in [0.25, 0.3) is 10.9 Å². The summed E-state index contributed by atoms with van der Waals surface area (Å²) in [6.45, 7) is 2.23. The maximum atomic E-state index is 6.25. The van der Waals surface area contributed by atoms with Gasteiger partial charge in [-0.25, -0.2) is 0 Å². The van der Waals surface area contributed by atoms with Gasteiger partial charge in [0.1, 0.15) is 0 Å².